The molecule has 0 unspecified atom stereocenters. The Morgan fingerprint density at radius 3 is 1.89 bits per heavy atom. The Labute approximate surface area is 114 Å². The Balaban J connectivity index is 3.30. The van der Waals surface area contributed by atoms with Gasteiger partial charge in [0.25, 0.3) is 0 Å². The summed E-state index contributed by atoms with van der Waals surface area (Å²) >= 11 is 0. The van der Waals surface area contributed by atoms with E-state index < -0.39 is 16.5 Å². The molecule has 0 radical (unpaired) electrons. The summed E-state index contributed by atoms with van der Waals surface area (Å²) in [6, 6.07) is 3.88. The molecule has 102 valence electrons. The van der Waals surface area contributed by atoms with Gasteiger partial charge in [0.05, 0.1) is 6.20 Å². The summed E-state index contributed by atoms with van der Waals surface area (Å²) in [5.41, 5.74) is 0. The molecular weight excluding hydrogens is 254 g/mol. The van der Waals surface area contributed by atoms with Gasteiger partial charge >= 0.3 is 0 Å². The molecule has 1 aromatic heterocycles. The number of nitrogens with zero attached hydrogens (tertiary/aromatic N) is 3. The largest absolute Gasteiger partial charge is 0.408 e. The standard InChI is InChI=1S/C13H27N3Si2/c1-7-18(8-2,9-3)16(17(4,5)6)13-12-14-10-11-15-13/h10-12H,7-9H2,1-6H3. The van der Waals surface area contributed by atoms with Crippen molar-refractivity contribution in [1.29, 1.82) is 0 Å². The predicted octanol–water partition coefficient (Wildman–Crippen LogP) is 4.12. The molecule has 1 rings (SSSR count). The Morgan fingerprint density at radius 2 is 1.56 bits per heavy atom. The quantitative estimate of drug-likeness (QED) is 0.734. The van der Waals surface area contributed by atoms with Crippen molar-refractivity contribution in [2.24, 2.45) is 0 Å². The molecule has 1 heterocycles. The predicted molar refractivity (Wildman–Crippen MR) is 85.1 cm³/mol. The van der Waals surface area contributed by atoms with E-state index in [1.54, 1.807) is 6.20 Å². The van der Waals surface area contributed by atoms with E-state index in [1.165, 1.54) is 18.1 Å². The van der Waals surface area contributed by atoms with Crippen LogP contribution < -0.4 is 4.23 Å². The lowest BCUT2D eigenvalue weighted by atomic mass is 10.7. The van der Waals surface area contributed by atoms with Gasteiger partial charge in [-0.1, -0.05) is 40.4 Å². The Morgan fingerprint density at radius 1 is 1.00 bits per heavy atom. The average Bonchev–Trinajstić information content (AvgIpc) is 2.35. The lowest BCUT2D eigenvalue weighted by molar-refractivity contribution is 1.08. The second-order valence-corrected chi connectivity index (χ2v) is 16.1. The van der Waals surface area contributed by atoms with E-state index in [9.17, 15) is 0 Å². The fourth-order valence-electron chi connectivity index (χ4n) is 2.93. The summed E-state index contributed by atoms with van der Waals surface area (Å²) in [7, 11) is -2.86. The van der Waals surface area contributed by atoms with Gasteiger partial charge in [0.1, 0.15) is 22.3 Å². The molecule has 0 aliphatic heterocycles. The van der Waals surface area contributed by atoms with Gasteiger partial charge in [-0.15, -0.1) is 0 Å². The lowest BCUT2D eigenvalue weighted by Crippen LogP contribution is -2.63. The minimum atomic E-state index is -1.43. The molecule has 0 saturated heterocycles. The smallest absolute Gasteiger partial charge is 0.148 e. The fourth-order valence-corrected chi connectivity index (χ4v) is 13.9. The molecule has 5 heteroatoms. The van der Waals surface area contributed by atoms with Crippen LogP contribution in [0, 0.1) is 0 Å². The second kappa shape index (κ2) is 5.97. The minimum absolute atomic E-state index is 1.11. The Kier molecular flexibility index (Phi) is 5.10. The average molecular weight is 282 g/mol. The van der Waals surface area contributed by atoms with Crippen molar-refractivity contribution in [3.63, 3.8) is 0 Å². The van der Waals surface area contributed by atoms with Gasteiger partial charge in [-0.3, -0.25) is 4.98 Å². The van der Waals surface area contributed by atoms with Crippen LogP contribution in [0.15, 0.2) is 18.6 Å². The molecule has 0 spiro atoms. The maximum Gasteiger partial charge on any atom is 0.148 e. The molecule has 0 fully saturated rings. The van der Waals surface area contributed by atoms with Gasteiger partial charge in [-0.2, -0.15) is 0 Å². The van der Waals surface area contributed by atoms with Crippen LogP contribution in [-0.4, -0.2) is 26.4 Å². The van der Waals surface area contributed by atoms with Crippen molar-refractivity contribution in [1.82, 2.24) is 9.97 Å². The SMILES string of the molecule is CC[Si](CC)(CC)N(c1cnccn1)[Si](C)(C)C. The summed E-state index contributed by atoms with van der Waals surface area (Å²) in [5, 5.41) is 0. The summed E-state index contributed by atoms with van der Waals surface area (Å²) < 4.78 is 2.73. The second-order valence-electron chi connectivity index (χ2n) is 5.85. The lowest BCUT2D eigenvalue weighted by Gasteiger charge is -2.49. The maximum atomic E-state index is 4.59. The summed E-state index contributed by atoms with van der Waals surface area (Å²) in [4.78, 5) is 8.86. The first-order valence-corrected chi connectivity index (χ1v) is 13.0. The van der Waals surface area contributed by atoms with Crippen LogP contribution >= 0.6 is 0 Å². The zero-order valence-electron chi connectivity index (χ0n) is 12.7. The summed E-state index contributed by atoms with van der Waals surface area (Å²) in [6.07, 6.45) is 5.53. The highest BCUT2D eigenvalue weighted by Crippen LogP contribution is 2.33. The van der Waals surface area contributed by atoms with E-state index in [-0.39, 0.29) is 0 Å². The molecule has 0 amide bonds. The van der Waals surface area contributed by atoms with Gasteiger partial charge in [0, 0.05) is 12.4 Å². The van der Waals surface area contributed by atoms with E-state index in [1.807, 2.05) is 12.4 Å². The summed E-state index contributed by atoms with van der Waals surface area (Å²) in [6.45, 7) is 14.3. The molecule has 0 saturated carbocycles. The van der Waals surface area contributed by atoms with Crippen LogP contribution in [0.25, 0.3) is 0 Å². The first-order valence-electron chi connectivity index (χ1n) is 6.97. The van der Waals surface area contributed by atoms with E-state index in [4.69, 9.17) is 0 Å². The van der Waals surface area contributed by atoms with Crippen LogP contribution in [0.1, 0.15) is 20.8 Å². The maximum absolute atomic E-state index is 4.59. The molecule has 0 N–H and O–H groups in total. The molecule has 0 aliphatic carbocycles. The van der Waals surface area contributed by atoms with Crippen molar-refractivity contribution in [2.45, 2.75) is 58.5 Å². The Hall–Kier alpha value is -0.686. The molecular formula is C13H27N3Si2. The van der Waals surface area contributed by atoms with Crippen LogP contribution in [-0.2, 0) is 0 Å². The van der Waals surface area contributed by atoms with E-state index in [0.717, 1.165) is 5.82 Å². The molecule has 0 aromatic carbocycles. The number of hydrogen-bond donors (Lipinski definition) is 0. The highest BCUT2D eigenvalue weighted by molar-refractivity contribution is 7.00. The molecule has 0 aliphatic rings. The van der Waals surface area contributed by atoms with Gasteiger partial charge < -0.3 is 4.23 Å². The van der Waals surface area contributed by atoms with Crippen molar-refractivity contribution in [2.75, 3.05) is 4.23 Å². The van der Waals surface area contributed by atoms with Crippen LogP contribution in [0.2, 0.25) is 37.8 Å². The van der Waals surface area contributed by atoms with Crippen molar-refractivity contribution >= 4 is 22.3 Å². The molecule has 0 atom stereocenters. The third kappa shape index (κ3) is 3.00. The van der Waals surface area contributed by atoms with Crippen LogP contribution in [0.3, 0.4) is 0 Å². The molecule has 3 nitrogen and oxygen atoms in total. The Bertz CT molecular complexity index is 350. The highest BCUT2D eigenvalue weighted by Gasteiger charge is 2.42. The van der Waals surface area contributed by atoms with Crippen LogP contribution in [0.5, 0.6) is 0 Å². The number of hydrogen-bond acceptors (Lipinski definition) is 3. The number of rotatable bonds is 6. The van der Waals surface area contributed by atoms with Crippen molar-refractivity contribution in [3.8, 4) is 0 Å². The first kappa shape index (κ1) is 15.4. The monoisotopic (exact) mass is 281 g/mol. The normalized spacial score (nSPS) is 12.6. The topological polar surface area (TPSA) is 29.0 Å². The third-order valence-corrected chi connectivity index (χ3v) is 14.0. The van der Waals surface area contributed by atoms with Crippen LogP contribution in [0.4, 0.5) is 5.82 Å². The zero-order chi connectivity index (χ0) is 13.8. The zero-order valence-corrected chi connectivity index (χ0v) is 14.7. The number of aromatic nitrogens is 2. The van der Waals surface area contributed by atoms with E-state index in [0.29, 0.717) is 0 Å². The summed E-state index contributed by atoms with van der Waals surface area (Å²) in [5.74, 6) is 1.11. The molecule has 1 aromatic rings. The fraction of sp³-hybridized carbons (Fsp3) is 0.692. The van der Waals surface area contributed by atoms with E-state index >= 15 is 0 Å². The molecule has 18 heavy (non-hydrogen) atoms. The van der Waals surface area contributed by atoms with Gasteiger partial charge in [-0.05, 0) is 18.1 Å². The highest BCUT2D eigenvalue weighted by atomic mass is 28.4. The van der Waals surface area contributed by atoms with Gasteiger partial charge in [-0.25, -0.2) is 4.98 Å². The van der Waals surface area contributed by atoms with Crippen molar-refractivity contribution in [3.05, 3.63) is 18.6 Å². The van der Waals surface area contributed by atoms with Gasteiger partial charge in [0.15, 0.2) is 0 Å². The van der Waals surface area contributed by atoms with Gasteiger partial charge in [0.2, 0.25) is 0 Å². The molecule has 0 bridgehead atoms. The van der Waals surface area contributed by atoms with E-state index in [2.05, 4.69) is 54.6 Å². The minimum Gasteiger partial charge on any atom is -0.408 e. The number of anilines is 1. The van der Waals surface area contributed by atoms with Crippen molar-refractivity contribution < 1.29 is 0 Å². The third-order valence-electron chi connectivity index (χ3n) is 3.90. The first-order chi connectivity index (χ1) is 8.41.